The Balaban J connectivity index is 1.69. The van der Waals surface area contributed by atoms with Crippen molar-refractivity contribution in [3.05, 3.63) is 89.9 Å². The van der Waals surface area contributed by atoms with Gasteiger partial charge in [0.05, 0.1) is 17.4 Å². The number of amides is 1. The summed E-state index contributed by atoms with van der Waals surface area (Å²) < 4.78 is 45.6. The smallest absolute Gasteiger partial charge is 0.419 e. The van der Waals surface area contributed by atoms with Gasteiger partial charge in [0.1, 0.15) is 11.9 Å². The predicted octanol–water partition coefficient (Wildman–Crippen LogP) is 5.14. The maximum absolute atomic E-state index is 12.8. The third kappa shape index (κ3) is 6.47. The summed E-state index contributed by atoms with van der Waals surface area (Å²) in [4.78, 5) is 22.6. The quantitative estimate of drug-likeness (QED) is 0.420. The number of hydrogen-bond acceptors (Lipinski definition) is 4. The molecule has 178 valence electrons. The maximum Gasteiger partial charge on any atom is 0.419 e. The normalized spacial score (nSPS) is 12.5. The summed E-state index contributed by atoms with van der Waals surface area (Å²) in [5.74, 6) is -1.08. The summed E-state index contributed by atoms with van der Waals surface area (Å²) in [5.41, 5.74) is 0.828. The number of aromatic nitrogens is 2. The summed E-state index contributed by atoms with van der Waals surface area (Å²) in [6.45, 7) is 2.01. The molecule has 0 radical (unpaired) electrons. The van der Waals surface area contributed by atoms with E-state index in [1.54, 1.807) is 48.5 Å². The number of carboxylic acid groups (broad SMARTS) is 1. The Morgan fingerprint density at radius 2 is 1.82 bits per heavy atom. The standard InChI is InChI=1S/C24H22F3N3O4/c1-2-3-21(16-4-6-17(7-5-16)23(33)28-13-12-22(31)32)34-20-10-8-19(9-11-20)30-15-18(14-29-30)24(25,26)27/h4-15,21H,2-3H2,1H3,(H,28,33)(H,31,32). The van der Waals surface area contributed by atoms with E-state index in [0.29, 0.717) is 23.4 Å². The molecule has 1 unspecified atom stereocenters. The summed E-state index contributed by atoms with van der Waals surface area (Å²) in [6.07, 6.45) is 0.338. The van der Waals surface area contributed by atoms with E-state index in [1.807, 2.05) is 6.92 Å². The van der Waals surface area contributed by atoms with Crippen LogP contribution in [0.1, 0.15) is 47.4 Å². The monoisotopic (exact) mass is 473 g/mol. The molecule has 34 heavy (non-hydrogen) atoms. The molecule has 1 amide bonds. The van der Waals surface area contributed by atoms with Crippen LogP contribution in [0, 0.1) is 0 Å². The molecule has 0 saturated carbocycles. The van der Waals surface area contributed by atoms with Crippen molar-refractivity contribution in [3.8, 4) is 11.4 Å². The van der Waals surface area contributed by atoms with Crippen molar-refractivity contribution in [2.75, 3.05) is 0 Å². The average molecular weight is 473 g/mol. The van der Waals surface area contributed by atoms with Crippen molar-refractivity contribution < 1.29 is 32.6 Å². The van der Waals surface area contributed by atoms with Crippen LogP contribution in [-0.4, -0.2) is 26.8 Å². The van der Waals surface area contributed by atoms with Crippen molar-refractivity contribution in [1.82, 2.24) is 15.1 Å². The molecule has 0 aliphatic heterocycles. The van der Waals surface area contributed by atoms with Crippen LogP contribution >= 0.6 is 0 Å². The van der Waals surface area contributed by atoms with Crippen LogP contribution in [0.4, 0.5) is 13.2 Å². The lowest BCUT2D eigenvalue weighted by molar-refractivity contribution is -0.137. The number of aliphatic carboxylic acids is 1. The number of alkyl halides is 3. The van der Waals surface area contributed by atoms with E-state index in [2.05, 4.69) is 10.4 Å². The van der Waals surface area contributed by atoms with E-state index in [4.69, 9.17) is 9.84 Å². The van der Waals surface area contributed by atoms with Gasteiger partial charge in [-0.3, -0.25) is 4.79 Å². The molecule has 1 heterocycles. The lowest BCUT2D eigenvalue weighted by Gasteiger charge is -2.19. The van der Waals surface area contributed by atoms with Gasteiger partial charge >= 0.3 is 12.1 Å². The number of rotatable bonds is 9. The zero-order valence-electron chi connectivity index (χ0n) is 18.1. The molecule has 3 aromatic rings. The number of hydrogen-bond donors (Lipinski definition) is 2. The number of ether oxygens (including phenoxy) is 1. The number of carbonyl (C=O) groups excluding carboxylic acids is 1. The molecular weight excluding hydrogens is 451 g/mol. The van der Waals surface area contributed by atoms with Gasteiger partial charge in [0.2, 0.25) is 0 Å². The maximum atomic E-state index is 12.8. The minimum absolute atomic E-state index is 0.304. The second kappa shape index (κ2) is 10.7. The van der Waals surface area contributed by atoms with Crippen molar-refractivity contribution in [2.45, 2.75) is 32.0 Å². The molecular formula is C24H22F3N3O4. The van der Waals surface area contributed by atoms with Gasteiger partial charge in [0, 0.05) is 24.0 Å². The van der Waals surface area contributed by atoms with Gasteiger partial charge in [0.25, 0.3) is 5.91 Å². The fourth-order valence-electron chi connectivity index (χ4n) is 3.13. The molecule has 10 heteroatoms. The molecule has 0 aliphatic carbocycles. The summed E-state index contributed by atoms with van der Waals surface area (Å²) in [7, 11) is 0. The number of benzene rings is 2. The van der Waals surface area contributed by atoms with Crippen molar-refractivity contribution in [2.24, 2.45) is 0 Å². The third-order valence-electron chi connectivity index (χ3n) is 4.83. The number of nitrogens with zero attached hydrogens (tertiary/aromatic N) is 2. The summed E-state index contributed by atoms with van der Waals surface area (Å²) >= 11 is 0. The second-order valence-electron chi connectivity index (χ2n) is 7.33. The first-order valence-corrected chi connectivity index (χ1v) is 10.4. The Hall–Kier alpha value is -4.08. The number of carboxylic acids is 1. The molecule has 0 fully saturated rings. The number of nitrogens with one attached hydrogen (secondary N) is 1. The van der Waals surface area contributed by atoms with Crippen LogP contribution in [0.3, 0.4) is 0 Å². The van der Waals surface area contributed by atoms with Crippen LogP contribution in [0.15, 0.2) is 73.2 Å². The molecule has 0 aliphatic rings. The molecule has 0 spiro atoms. The molecule has 1 aromatic heterocycles. The first-order chi connectivity index (χ1) is 16.2. The van der Waals surface area contributed by atoms with E-state index >= 15 is 0 Å². The zero-order valence-corrected chi connectivity index (χ0v) is 18.1. The summed E-state index contributed by atoms with van der Waals surface area (Å²) in [5, 5.41) is 14.7. The highest BCUT2D eigenvalue weighted by molar-refractivity contribution is 5.95. The molecule has 0 bridgehead atoms. The Morgan fingerprint density at radius 3 is 2.38 bits per heavy atom. The number of halogens is 3. The molecule has 7 nitrogen and oxygen atoms in total. The van der Waals surface area contributed by atoms with Gasteiger partial charge in [-0.2, -0.15) is 18.3 Å². The molecule has 1 atom stereocenters. The number of carbonyl (C=O) groups is 2. The topological polar surface area (TPSA) is 93.5 Å². The lowest BCUT2D eigenvalue weighted by Crippen LogP contribution is -2.17. The zero-order chi connectivity index (χ0) is 24.7. The van der Waals surface area contributed by atoms with Crippen LogP contribution in [0.5, 0.6) is 5.75 Å². The minimum atomic E-state index is -4.46. The first kappa shape index (κ1) is 24.6. The first-order valence-electron chi connectivity index (χ1n) is 10.4. The van der Waals surface area contributed by atoms with E-state index < -0.39 is 23.6 Å². The predicted molar refractivity (Wildman–Crippen MR) is 118 cm³/mol. The van der Waals surface area contributed by atoms with Gasteiger partial charge in [0.15, 0.2) is 0 Å². The van der Waals surface area contributed by atoms with E-state index in [-0.39, 0.29) is 6.10 Å². The Labute approximate surface area is 193 Å². The van der Waals surface area contributed by atoms with Gasteiger partial charge < -0.3 is 15.2 Å². The van der Waals surface area contributed by atoms with Crippen LogP contribution in [0.25, 0.3) is 5.69 Å². The molecule has 2 N–H and O–H groups in total. The molecule has 2 aromatic carbocycles. The largest absolute Gasteiger partial charge is 0.486 e. The Morgan fingerprint density at radius 1 is 1.15 bits per heavy atom. The Kier molecular flexibility index (Phi) is 7.72. The minimum Gasteiger partial charge on any atom is -0.486 e. The van der Waals surface area contributed by atoms with Crippen LogP contribution < -0.4 is 10.1 Å². The highest BCUT2D eigenvalue weighted by Gasteiger charge is 2.32. The van der Waals surface area contributed by atoms with E-state index in [0.717, 1.165) is 41.3 Å². The molecule has 3 rings (SSSR count). The molecule has 0 saturated heterocycles. The van der Waals surface area contributed by atoms with E-state index in [1.165, 1.54) is 0 Å². The third-order valence-corrected chi connectivity index (χ3v) is 4.83. The van der Waals surface area contributed by atoms with Gasteiger partial charge in [-0.1, -0.05) is 25.5 Å². The van der Waals surface area contributed by atoms with Crippen molar-refractivity contribution in [1.29, 1.82) is 0 Å². The van der Waals surface area contributed by atoms with Gasteiger partial charge in [-0.25, -0.2) is 9.48 Å². The van der Waals surface area contributed by atoms with Crippen molar-refractivity contribution in [3.63, 3.8) is 0 Å². The van der Waals surface area contributed by atoms with Crippen molar-refractivity contribution >= 4 is 11.9 Å². The van der Waals surface area contributed by atoms with Gasteiger partial charge in [-0.15, -0.1) is 0 Å². The van der Waals surface area contributed by atoms with Gasteiger partial charge in [-0.05, 0) is 48.4 Å². The van der Waals surface area contributed by atoms with Crippen LogP contribution in [-0.2, 0) is 11.0 Å². The Bertz CT molecular complexity index is 1150. The lowest BCUT2D eigenvalue weighted by atomic mass is 10.0. The average Bonchev–Trinajstić information content (AvgIpc) is 3.30. The highest BCUT2D eigenvalue weighted by atomic mass is 19.4. The fourth-order valence-corrected chi connectivity index (χ4v) is 3.13. The fraction of sp³-hybridized carbons (Fsp3) is 0.208. The summed E-state index contributed by atoms with van der Waals surface area (Å²) in [6, 6.07) is 13.3. The second-order valence-corrected chi connectivity index (χ2v) is 7.33. The SMILES string of the molecule is CCCC(Oc1ccc(-n2cc(C(F)(F)F)cn2)cc1)c1ccc(C(=O)NC=CC(=O)O)cc1. The highest BCUT2D eigenvalue weighted by Crippen LogP contribution is 2.30. The van der Waals surface area contributed by atoms with E-state index in [9.17, 15) is 22.8 Å². The van der Waals surface area contributed by atoms with Crippen LogP contribution in [0.2, 0.25) is 0 Å².